The standard InChI is InChI=1S/C35H22Br2N4O6/c36-24-7-3-1-5-22(24)28-26-30(46-38-28)34(44)40(32(26)42)20-13-9-18(10-14-20)17-19-11-15-21(16-12-19)41-33(43)27-29(39-47-31(27)35(41)45)23-6-2-4-8-25(23)37/h1-16,26-27,30-31H,17H2/t26-,27+,30+,31-. The minimum Gasteiger partial charge on any atom is -0.381 e. The molecule has 0 spiro atoms. The second-order valence-electron chi connectivity index (χ2n) is 11.5. The molecule has 0 aromatic heterocycles. The maximum absolute atomic E-state index is 13.5. The summed E-state index contributed by atoms with van der Waals surface area (Å²) in [6, 6.07) is 29.1. The third-order valence-electron chi connectivity index (χ3n) is 8.72. The number of hydrogen-bond donors (Lipinski definition) is 0. The molecule has 4 atom stereocenters. The average Bonchev–Trinajstić information content (AvgIpc) is 3.82. The quantitative estimate of drug-likeness (QED) is 0.244. The Morgan fingerprint density at radius 2 is 0.915 bits per heavy atom. The van der Waals surface area contributed by atoms with E-state index in [0.717, 1.165) is 29.9 Å². The maximum atomic E-state index is 13.5. The molecule has 4 aromatic rings. The Balaban J connectivity index is 0.958. The first kappa shape index (κ1) is 29.5. The highest BCUT2D eigenvalue weighted by atomic mass is 79.9. The third kappa shape index (κ3) is 4.73. The number of rotatable bonds is 6. The van der Waals surface area contributed by atoms with Gasteiger partial charge in [0.25, 0.3) is 11.8 Å². The number of anilines is 2. The molecule has 12 heteroatoms. The number of carbonyl (C=O) groups is 4. The van der Waals surface area contributed by atoms with Crippen molar-refractivity contribution in [2.24, 2.45) is 22.1 Å². The highest BCUT2D eigenvalue weighted by Crippen LogP contribution is 2.38. The van der Waals surface area contributed by atoms with Crippen molar-refractivity contribution in [1.82, 2.24) is 0 Å². The zero-order valence-corrected chi connectivity index (χ0v) is 27.4. The van der Waals surface area contributed by atoms with E-state index in [-0.39, 0.29) is 11.8 Å². The first-order chi connectivity index (χ1) is 22.8. The number of benzene rings is 4. The maximum Gasteiger partial charge on any atom is 0.278 e. The largest absolute Gasteiger partial charge is 0.381 e. The van der Waals surface area contributed by atoms with Gasteiger partial charge >= 0.3 is 0 Å². The van der Waals surface area contributed by atoms with Crippen LogP contribution in [0.3, 0.4) is 0 Å². The van der Waals surface area contributed by atoms with Crippen LogP contribution < -0.4 is 9.80 Å². The van der Waals surface area contributed by atoms with Crippen LogP contribution in [0.4, 0.5) is 11.4 Å². The first-order valence-electron chi connectivity index (χ1n) is 14.7. The molecule has 4 heterocycles. The Hall–Kier alpha value is -4.94. The SMILES string of the molecule is O=C1[C@@H]2C(c3ccccc3Br)=NO[C@@H]2C(=O)N1c1ccc(Cc2ccc(N3C(=O)[C@H]4C(c5ccccc5Br)=NO[C@H]4C3=O)cc2)cc1. The molecule has 0 saturated carbocycles. The van der Waals surface area contributed by atoms with Crippen molar-refractivity contribution in [3.8, 4) is 0 Å². The van der Waals surface area contributed by atoms with Gasteiger partial charge in [0.05, 0.1) is 11.4 Å². The number of nitrogens with zero attached hydrogens (tertiary/aromatic N) is 4. The summed E-state index contributed by atoms with van der Waals surface area (Å²) in [5, 5.41) is 8.16. The summed E-state index contributed by atoms with van der Waals surface area (Å²) in [6.07, 6.45) is -1.45. The summed E-state index contributed by atoms with van der Waals surface area (Å²) < 4.78 is 1.52. The fourth-order valence-corrected chi connectivity index (χ4v) is 7.38. The average molecular weight is 754 g/mol. The Labute approximate surface area is 284 Å². The minimum atomic E-state index is -0.998. The minimum absolute atomic E-state index is 0.384. The molecule has 2 fully saturated rings. The Bertz CT molecular complexity index is 1920. The second-order valence-corrected chi connectivity index (χ2v) is 13.2. The number of hydrogen-bond acceptors (Lipinski definition) is 8. The number of amides is 4. The summed E-state index contributed by atoms with van der Waals surface area (Å²) in [5.74, 6) is -3.32. The normalized spacial score (nSPS) is 23.0. The topological polar surface area (TPSA) is 118 Å². The molecule has 4 aromatic carbocycles. The molecule has 0 bridgehead atoms. The van der Waals surface area contributed by atoms with Crippen LogP contribution in [0.25, 0.3) is 0 Å². The third-order valence-corrected chi connectivity index (χ3v) is 10.1. The fourth-order valence-electron chi connectivity index (χ4n) is 6.41. The smallest absolute Gasteiger partial charge is 0.278 e. The van der Waals surface area contributed by atoms with Gasteiger partial charge < -0.3 is 9.68 Å². The summed E-state index contributed by atoms with van der Waals surface area (Å²) in [6.45, 7) is 0. The van der Waals surface area contributed by atoms with Gasteiger partial charge in [-0.3, -0.25) is 19.2 Å². The van der Waals surface area contributed by atoms with Gasteiger partial charge in [0.1, 0.15) is 23.3 Å². The molecule has 4 aliphatic heterocycles. The first-order valence-corrected chi connectivity index (χ1v) is 16.3. The summed E-state index contributed by atoms with van der Waals surface area (Å²) in [5.41, 5.74) is 5.05. The van der Waals surface area contributed by atoms with Gasteiger partial charge in [0, 0.05) is 20.1 Å². The number of oxime groups is 2. The number of imide groups is 2. The lowest BCUT2D eigenvalue weighted by molar-refractivity contribution is -0.127. The van der Waals surface area contributed by atoms with E-state index in [9.17, 15) is 19.2 Å². The lowest BCUT2D eigenvalue weighted by Crippen LogP contribution is -2.33. The molecule has 0 N–H and O–H groups in total. The van der Waals surface area contributed by atoms with E-state index in [0.29, 0.717) is 40.3 Å². The van der Waals surface area contributed by atoms with E-state index in [1.54, 1.807) is 24.3 Å². The zero-order valence-electron chi connectivity index (χ0n) is 24.2. The van der Waals surface area contributed by atoms with Crippen LogP contribution in [0, 0.1) is 11.8 Å². The molecule has 4 aliphatic rings. The molecule has 232 valence electrons. The zero-order chi connectivity index (χ0) is 32.4. The van der Waals surface area contributed by atoms with Gasteiger partial charge in [-0.25, -0.2) is 9.80 Å². The highest BCUT2D eigenvalue weighted by molar-refractivity contribution is 9.10. The Morgan fingerprint density at radius 1 is 0.532 bits per heavy atom. The van der Waals surface area contributed by atoms with Crippen LogP contribution in [-0.2, 0) is 35.3 Å². The van der Waals surface area contributed by atoms with Crippen molar-refractivity contribution >= 4 is 78.3 Å². The van der Waals surface area contributed by atoms with Crippen LogP contribution in [0.5, 0.6) is 0 Å². The van der Waals surface area contributed by atoms with Crippen molar-refractivity contribution in [1.29, 1.82) is 0 Å². The molecule has 2 saturated heterocycles. The van der Waals surface area contributed by atoms with E-state index in [2.05, 4.69) is 42.2 Å². The Kier molecular flexibility index (Phi) is 7.14. The van der Waals surface area contributed by atoms with Crippen molar-refractivity contribution in [2.45, 2.75) is 18.6 Å². The van der Waals surface area contributed by atoms with Crippen LogP contribution in [0.1, 0.15) is 22.3 Å². The lowest BCUT2D eigenvalue weighted by Gasteiger charge is -2.17. The predicted molar refractivity (Wildman–Crippen MR) is 179 cm³/mol. The van der Waals surface area contributed by atoms with Gasteiger partial charge in [-0.15, -0.1) is 0 Å². The van der Waals surface area contributed by atoms with Crippen molar-refractivity contribution < 1.29 is 28.9 Å². The summed E-state index contributed by atoms with van der Waals surface area (Å²) in [4.78, 5) is 66.6. The van der Waals surface area contributed by atoms with Crippen molar-refractivity contribution in [3.63, 3.8) is 0 Å². The predicted octanol–water partition coefficient (Wildman–Crippen LogP) is 5.39. The van der Waals surface area contributed by atoms with Crippen LogP contribution in [-0.4, -0.2) is 47.3 Å². The fraction of sp³-hybridized carbons (Fsp3) is 0.143. The highest BCUT2D eigenvalue weighted by Gasteiger charge is 2.57. The summed E-state index contributed by atoms with van der Waals surface area (Å²) in [7, 11) is 0. The van der Waals surface area contributed by atoms with E-state index >= 15 is 0 Å². The molecule has 0 unspecified atom stereocenters. The number of carbonyl (C=O) groups excluding carboxylic acids is 4. The Morgan fingerprint density at radius 3 is 1.30 bits per heavy atom. The van der Waals surface area contributed by atoms with E-state index in [1.165, 1.54) is 0 Å². The van der Waals surface area contributed by atoms with Gasteiger partial charge in [-0.2, -0.15) is 0 Å². The monoisotopic (exact) mass is 752 g/mol. The van der Waals surface area contributed by atoms with Gasteiger partial charge in [0.2, 0.25) is 24.0 Å². The lowest BCUT2D eigenvalue weighted by atomic mass is 9.94. The number of halogens is 2. The summed E-state index contributed by atoms with van der Waals surface area (Å²) >= 11 is 6.99. The van der Waals surface area contributed by atoms with E-state index < -0.39 is 35.9 Å². The van der Waals surface area contributed by atoms with Crippen LogP contribution in [0.2, 0.25) is 0 Å². The van der Waals surface area contributed by atoms with E-state index in [1.807, 2.05) is 72.8 Å². The molecule has 47 heavy (non-hydrogen) atoms. The second kappa shape index (κ2) is 11.4. The van der Waals surface area contributed by atoms with Gasteiger partial charge in [-0.05, 0) is 53.9 Å². The van der Waals surface area contributed by atoms with E-state index in [4.69, 9.17) is 9.68 Å². The van der Waals surface area contributed by atoms with Crippen LogP contribution >= 0.6 is 31.9 Å². The molecule has 10 nitrogen and oxygen atoms in total. The molecule has 4 amide bonds. The van der Waals surface area contributed by atoms with Crippen molar-refractivity contribution in [3.05, 3.63) is 128 Å². The molecular weight excluding hydrogens is 732 g/mol. The van der Waals surface area contributed by atoms with Gasteiger partial charge in [0.15, 0.2) is 0 Å². The molecule has 0 radical (unpaired) electrons. The molecule has 0 aliphatic carbocycles. The van der Waals surface area contributed by atoms with Gasteiger partial charge in [-0.1, -0.05) is 103 Å². The molecular formula is C35H22Br2N4O6. The van der Waals surface area contributed by atoms with Crippen LogP contribution in [0.15, 0.2) is 116 Å². The van der Waals surface area contributed by atoms with Crippen molar-refractivity contribution in [2.75, 3.05) is 9.80 Å². The number of fused-ring (bicyclic) bond motifs is 2. The molecule has 8 rings (SSSR count).